The third-order valence-electron chi connectivity index (χ3n) is 5.91. The van der Waals surface area contributed by atoms with Crippen LogP contribution < -0.4 is 10.1 Å². The number of carboxylic acids is 1. The molecule has 12 heteroatoms. The fraction of sp³-hybridized carbons (Fsp3) is 0.640. The normalized spacial score (nSPS) is 17.5. The number of hydrogen-bond donors (Lipinski definition) is 2. The summed E-state index contributed by atoms with van der Waals surface area (Å²) in [6, 6.07) is 7.31. The second-order valence-electron chi connectivity index (χ2n) is 8.80. The highest BCUT2D eigenvalue weighted by Crippen LogP contribution is 2.18. The molecule has 2 heterocycles. The smallest absolute Gasteiger partial charge is 0.490 e. The number of unbranched alkanes of at least 4 members (excludes halogenated alkanes) is 1. The van der Waals surface area contributed by atoms with Gasteiger partial charge in [0, 0.05) is 57.9 Å². The first kappa shape index (κ1) is 30.4. The number of nitrogens with one attached hydrogen (secondary N) is 1. The van der Waals surface area contributed by atoms with E-state index >= 15 is 0 Å². The first-order valence-electron chi connectivity index (χ1n) is 12.5. The zero-order valence-corrected chi connectivity index (χ0v) is 21.1. The van der Waals surface area contributed by atoms with Crippen molar-refractivity contribution in [2.45, 2.75) is 51.3 Å². The van der Waals surface area contributed by atoms with Crippen LogP contribution in [0.5, 0.6) is 5.75 Å². The monoisotopic (exact) mass is 531 g/mol. The fourth-order valence-corrected chi connectivity index (χ4v) is 3.82. The van der Waals surface area contributed by atoms with Gasteiger partial charge in [-0.05, 0) is 43.5 Å². The molecule has 1 aromatic rings. The zero-order chi connectivity index (χ0) is 27.3. The number of alkyl halides is 3. The molecular formula is C25H36F3N3O6. The molecule has 0 spiro atoms. The number of ether oxygens (including phenoxy) is 2. The lowest BCUT2D eigenvalue weighted by molar-refractivity contribution is -0.192. The molecule has 2 amide bonds. The van der Waals surface area contributed by atoms with E-state index in [9.17, 15) is 22.8 Å². The maximum atomic E-state index is 13.2. The van der Waals surface area contributed by atoms with Crippen LogP contribution in [0.15, 0.2) is 24.3 Å². The average molecular weight is 532 g/mol. The predicted octanol–water partition coefficient (Wildman–Crippen LogP) is 2.94. The second kappa shape index (κ2) is 15.4. The number of halogens is 3. The van der Waals surface area contributed by atoms with Gasteiger partial charge in [0.2, 0.25) is 5.91 Å². The van der Waals surface area contributed by atoms with Crippen LogP contribution in [0.25, 0.3) is 0 Å². The molecule has 1 unspecified atom stereocenters. The molecule has 3 rings (SSSR count). The van der Waals surface area contributed by atoms with Crippen molar-refractivity contribution in [3.05, 3.63) is 29.8 Å². The molecule has 1 atom stereocenters. The highest BCUT2D eigenvalue weighted by Gasteiger charge is 2.38. The summed E-state index contributed by atoms with van der Waals surface area (Å²) in [5.74, 6) is -1.92. The summed E-state index contributed by atoms with van der Waals surface area (Å²) in [4.78, 5) is 38.3. The van der Waals surface area contributed by atoms with Crippen molar-refractivity contribution in [3.63, 3.8) is 0 Å². The Balaban J connectivity index is 0.000000604. The number of hydrogen-bond acceptors (Lipinski definition) is 6. The number of benzene rings is 1. The molecule has 0 aromatic heterocycles. The number of aliphatic carboxylic acids is 1. The summed E-state index contributed by atoms with van der Waals surface area (Å²) >= 11 is 0. The summed E-state index contributed by atoms with van der Waals surface area (Å²) in [6.07, 6.45) is -0.606. The molecule has 2 N–H and O–H groups in total. The topological polar surface area (TPSA) is 108 Å². The van der Waals surface area contributed by atoms with E-state index in [2.05, 4.69) is 12.2 Å². The van der Waals surface area contributed by atoms with Gasteiger partial charge in [-0.3, -0.25) is 9.59 Å². The standard InChI is InChI=1S/C23H35N3O4.C2HF3O2/c1-2-3-16-29-20-8-6-19(7-9-20)23(28)26(18-21-5-4-17-30-21)13-10-22(27)25-14-11-24-12-15-25;3-2(4,5)1(6)7/h6-9,21,24H,2-5,10-18H2,1H3;(H,6,7). The Morgan fingerprint density at radius 3 is 2.38 bits per heavy atom. The van der Waals surface area contributed by atoms with Crippen LogP contribution >= 0.6 is 0 Å². The lowest BCUT2D eigenvalue weighted by atomic mass is 10.1. The number of rotatable bonds is 10. The van der Waals surface area contributed by atoms with E-state index in [0.29, 0.717) is 31.7 Å². The lowest BCUT2D eigenvalue weighted by Crippen LogP contribution is -2.47. The van der Waals surface area contributed by atoms with E-state index in [1.54, 1.807) is 4.90 Å². The van der Waals surface area contributed by atoms with Crippen LogP contribution in [0.4, 0.5) is 13.2 Å². The van der Waals surface area contributed by atoms with Gasteiger partial charge in [-0.2, -0.15) is 13.2 Å². The molecule has 208 valence electrons. The fourth-order valence-electron chi connectivity index (χ4n) is 3.82. The van der Waals surface area contributed by atoms with Crippen LogP contribution in [0.3, 0.4) is 0 Å². The van der Waals surface area contributed by atoms with Gasteiger partial charge in [-0.25, -0.2) is 4.79 Å². The Labute approximate surface area is 214 Å². The molecule has 2 fully saturated rings. The second-order valence-corrected chi connectivity index (χ2v) is 8.80. The number of carbonyl (C=O) groups excluding carboxylic acids is 2. The van der Waals surface area contributed by atoms with Gasteiger partial charge in [0.15, 0.2) is 0 Å². The van der Waals surface area contributed by atoms with Crippen LogP contribution in [0.2, 0.25) is 0 Å². The van der Waals surface area contributed by atoms with Crippen LogP contribution in [-0.2, 0) is 14.3 Å². The molecule has 2 aliphatic heterocycles. The van der Waals surface area contributed by atoms with Gasteiger partial charge >= 0.3 is 12.1 Å². The third kappa shape index (κ3) is 11.0. The van der Waals surface area contributed by atoms with Crippen LogP contribution in [0, 0.1) is 0 Å². The van der Waals surface area contributed by atoms with Crippen LogP contribution in [0.1, 0.15) is 49.4 Å². The summed E-state index contributed by atoms with van der Waals surface area (Å²) < 4.78 is 43.2. The zero-order valence-electron chi connectivity index (χ0n) is 21.1. The average Bonchev–Trinajstić information content (AvgIpc) is 3.40. The maximum Gasteiger partial charge on any atom is 0.490 e. The molecule has 2 aliphatic rings. The van der Waals surface area contributed by atoms with Crippen LogP contribution in [-0.4, -0.2) is 97.5 Å². The first-order valence-corrected chi connectivity index (χ1v) is 12.5. The number of carboxylic acid groups (broad SMARTS) is 1. The van der Waals surface area contributed by atoms with Gasteiger partial charge < -0.3 is 29.7 Å². The van der Waals surface area contributed by atoms with E-state index < -0.39 is 12.1 Å². The Morgan fingerprint density at radius 2 is 1.84 bits per heavy atom. The Hall–Kier alpha value is -2.86. The molecule has 2 saturated heterocycles. The Kier molecular flexibility index (Phi) is 12.6. The van der Waals surface area contributed by atoms with E-state index in [1.165, 1.54) is 0 Å². The van der Waals surface area contributed by atoms with Gasteiger partial charge in [0.1, 0.15) is 5.75 Å². The summed E-state index contributed by atoms with van der Waals surface area (Å²) in [5, 5.41) is 10.4. The van der Waals surface area contributed by atoms with Crippen molar-refractivity contribution in [2.24, 2.45) is 0 Å². The third-order valence-corrected chi connectivity index (χ3v) is 5.91. The maximum absolute atomic E-state index is 13.2. The molecule has 0 bridgehead atoms. The molecular weight excluding hydrogens is 495 g/mol. The molecule has 37 heavy (non-hydrogen) atoms. The van der Waals surface area contributed by atoms with E-state index in [0.717, 1.165) is 64.2 Å². The van der Waals surface area contributed by atoms with Gasteiger partial charge in [-0.15, -0.1) is 0 Å². The van der Waals surface area contributed by atoms with Crippen molar-refractivity contribution < 1.29 is 42.1 Å². The van der Waals surface area contributed by atoms with E-state index in [1.807, 2.05) is 29.2 Å². The summed E-state index contributed by atoms with van der Waals surface area (Å²) in [5.41, 5.74) is 0.616. The molecule has 0 aliphatic carbocycles. The quantitative estimate of drug-likeness (QED) is 0.447. The van der Waals surface area contributed by atoms with Gasteiger partial charge in [0.25, 0.3) is 5.91 Å². The molecule has 0 saturated carbocycles. The van der Waals surface area contributed by atoms with Crippen molar-refractivity contribution in [1.82, 2.24) is 15.1 Å². The van der Waals surface area contributed by atoms with Gasteiger partial charge in [0.05, 0.1) is 12.7 Å². The molecule has 0 radical (unpaired) electrons. The van der Waals surface area contributed by atoms with Crippen molar-refractivity contribution >= 4 is 17.8 Å². The Morgan fingerprint density at radius 1 is 1.19 bits per heavy atom. The number of nitrogens with zero attached hydrogens (tertiary/aromatic N) is 2. The minimum Gasteiger partial charge on any atom is -0.494 e. The highest BCUT2D eigenvalue weighted by atomic mass is 19.4. The van der Waals surface area contributed by atoms with Crippen molar-refractivity contribution in [3.8, 4) is 5.75 Å². The van der Waals surface area contributed by atoms with E-state index in [4.69, 9.17) is 19.4 Å². The molecule has 1 aromatic carbocycles. The van der Waals surface area contributed by atoms with E-state index in [-0.39, 0.29) is 17.9 Å². The largest absolute Gasteiger partial charge is 0.494 e. The lowest BCUT2D eigenvalue weighted by Gasteiger charge is -2.30. The SMILES string of the molecule is CCCCOc1ccc(C(=O)N(CCC(=O)N2CCNCC2)CC2CCCO2)cc1.O=C(O)C(F)(F)F. The summed E-state index contributed by atoms with van der Waals surface area (Å²) in [6.45, 7) is 7.63. The number of carbonyl (C=O) groups is 3. The van der Waals surface area contributed by atoms with Crippen molar-refractivity contribution in [1.29, 1.82) is 0 Å². The molecule has 9 nitrogen and oxygen atoms in total. The first-order chi connectivity index (χ1) is 17.6. The number of piperazine rings is 1. The minimum atomic E-state index is -5.08. The summed E-state index contributed by atoms with van der Waals surface area (Å²) in [7, 11) is 0. The number of amides is 2. The van der Waals surface area contributed by atoms with Gasteiger partial charge in [-0.1, -0.05) is 13.3 Å². The highest BCUT2D eigenvalue weighted by molar-refractivity contribution is 5.94. The van der Waals surface area contributed by atoms with Crippen molar-refractivity contribution in [2.75, 3.05) is 52.5 Å². The Bertz CT molecular complexity index is 854. The minimum absolute atomic E-state index is 0.0555. The predicted molar refractivity (Wildman–Crippen MR) is 129 cm³/mol.